The van der Waals surface area contributed by atoms with Crippen LogP contribution in [0.3, 0.4) is 0 Å². The van der Waals surface area contributed by atoms with E-state index in [1.165, 1.54) is 77.0 Å². The van der Waals surface area contributed by atoms with Gasteiger partial charge in [0.25, 0.3) is 0 Å². The fourth-order valence-corrected chi connectivity index (χ4v) is 5.61. The van der Waals surface area contributed by atoms with Crippen LogP contribution in [0.2, 0.25) is 0 Å². The van der Waals surface area contributed by atoms with Crippen LogP contribution >= 0.6 is 0 Å². The van der Waals surface area contributed by atoms with E-state index >= 15 is 0 Å². The van der Waals surface area contributed by atoms with E-state index in [1.807, 2.05) is 0 Å². The summed E-state index contributed by atoms with van der Waals surface area (Å²) in [4.78, 5) is 0. The number of benzene rings is 3. The molecule has 0 heterocycles. The van der Waals surface area contributed by atoms with Gasteiger partial charge in [-0.1, -0.05) is 138 Å². The summed E-state index contributed by atoms with van der Waals surface area (Å²) >= 11 is 0. The first-order valence-electron chi connectivity index (χ1n) is 16.3. The molecule has 0 spiro atoms. The van der Waals surface area contributed by atoms with Gasteiger partial charge >= 0.3 is 0 Å². The van der Waals surface area contributed by atoms with Crippen molar-refractivity contribution in [1.29, 1.82) is 0 Å². The van der Waals surface area contributed by atoms with E-state index in [9.17, 15) is 0 Å². The fourth-order valence-electron chi connectivity index (χ4n) is 5.61. The minimum atomic E-state index is 0.328. The Morgan fingerprint density at radius 2 is 0.600 bits per heavy atom. The third kappa shape index (κ3) is 11.3. The second kappa shape index (κ2) is 20.6. The molecular weight excluding hydrogens is 496 g/mol. The summed E-state index contributed by atoms with van der Waals surface area (Å²) in [5.74, 6) is 1.97. The van der Waals surface area contributed by atoms with E-state index in [1.54, 1.807) is 0 Å². The lowest BCUT2D eigenvalue weighted by Crippen LogP contribution is -2.02. The Morgan fingerprint density at radius 3 is 0.875 bits per heavy atom. The lowest BCUT2D eigenvalue weighted by atomic mass is 10.0. The maximum absolute atomic E-state index is 8.88. The summed E-state index contributed by atoms with van der Waals surface area (Å²) in [6.45, 7) is 2.14. The molecule has 0 saturated heterocycles. The van der Waals surface area contributed by atoms with Crippen molar-refractivity contribution in [1.82, 2.24) is 0 Å². The van der Waals surface area contributed by atoms with Gasteiger partial charge in [-0.15, -0.1) is 0 Å². The molecule has 0 bridgehead atoms. The molecule has 4 heteroatoms. The van der Waals surface area contributed by atoms with Crippen molar-refractivity contribution in [2.45, 2.75) is 116 Å². The molecule has 4 nitrogen and oxygen atoms in total. The number of aliphatic hydroxyl groups is 2. The van der Waals surface area contributed by atoms with Gasteiger partial charge in [-0.25, -0.2) is 0 Å². The molecule has 0 fully saturated rings. The van der Waals surface area contributed by atoms with Crippen LogP contribution in [-0.2, 0) is 0 Å². The highest BCUT2D eigenvalue weighted by molar-refractivity contribution is 6.11. The molecule has 0 aliphatic rings. The Bertz CT molecular complexity index is 922. The standard InChI is InChI=1S/C36H54O4/c37-27-19-11-7-3-1-5-9-13-21-29-39-35-31-23-15-17-25-33(31)36(34-26-18-16-24-32(34)35)40-30-22-14-10-6-2-4-8-12-20-28-38/h15-18,23-26,37-38H,1-14,19-22,27-30H2. The number of rotatable bonds is 24. The predicted molar refractivity (Wildman–Crippen MR) is 170 cm³/mol. The fraction of sp³-hybridized carbons (Fsp3) is 0.611. The smallest absolute Gasteiger partial charge is 0.135 e. The van der Waals surface area contributed by atoms with Gasteiger partial charge in [-0.2, -0.15) is 0 Å². The summed E-state index contributed by atoms with van der Waals surface area (Å²) in [5, 5.41) is 22.3. The van der Waals surface area contributed by atoms with Crippen molar-refractivity contribution in [3.05, 3.63) is 48.5 Å². The quantitative estimate of drug-likeness (QED) is 0.0861. The van der Waals surface area contributed by atoms with Crippen molar-refractivity contribution < 1.29 is 19.7 Å². The summed E-state index contributed by atoms with van der Waals surface area (Å²) in [6.07, 6.45) is 21.6. The van der Waals surface area contributed by atoms with Crippen LogP contribution < -0.4 is 9.47 Å². The lowest BCUT2D eigenvalue weighted by Gasteiger charge is -2.18. The largest absolute Gasteiger partial charge is 0.492 e. The first-order valence-corrected chi connectivity index (χ1v) is 16.3. The number of aliphatic hydroxyl groups excluding tert-OH is 2. The summed E-state index contributed by atoms with van der Waals surface area (Å²) in [7, 11) is 0. The van der Waals surface area contributed by atoms with Crippen LogP contribution in [0.15, 0.2) is 48.5 Å². The van der Waals surface area contributed by atoms with Crippen LogP contribution in [-0.4, -0.2) is 36.6 Å². The molecule has 3 aromatic carbocycles. The van der Waals surface area contributed by atoms with Crippen LogP contribution in [0.5, 0.6) is 11.5 Å². The molecule has 0 unspecified atom stereocenters. The molecule has 2 N–H and O–H groups in total. The molecule has 0 radical (unpaired) electrons. The van der Waals surface area contributed by atoms with Crippen LogP contribution in [0.25, 0.3) is 21.5 Å². The van der Waals surface area contributed by atoms with Gasteiger partial charge in [0, 0.05) is 34.8 Å². The van der Waals surface area contributed by atoms with E-state index in [0.717, 1.165) is 84.8 Å². The van der Waals surface area contributed by atoms with E-state index < -0.39 is 0 Å². The first-order chi connectivity index (χ1) is 19.9. The number of hydrogen-bond acceptors (Lipinski definition) is 4. The Hall–Kier alpha value is -2.30. The minimum Gasteiger partial charge on any atom is -0.492 e. The van der Waals surface area contributed by atoms with Crippen molar-refractivity contribution in [2.75, 3.05) is 26.4 Å². The molecule has 222 valence electrons. The maximum atomic E-state index is 8.88. The molecule has 3 aromatic rings. The van der Waals surface area contributed by atoms with Crippen LogP contribution in [0, 0.1) is 0 Å². The maximum Gasteiger partial charge on any atom is 0.135 e. The topological polar surface area (TPSA) is 58.9 Å². The van der Waals surface area contributed by atoms with E-state index in [2.05, 4.69) is 48.5 Å². The Balaban J connectivity index is 1.47. The van der Waals surface area contributed by atoms with Gasteiger partial charge < -0.3 is 19.7 Å². The van der Waals surface area contributed by atoms with Gasteiger partial charge in [-0.3, -0.25) is 0 Å². The van der Waals surface area contributed by atoms with Crippen molar-refractivity contribution in [3.8, 4) is 11.5 Å². The van der Waals surface area contributed by atoms with Gasteiger partial charge in [0.1, 0.15) is 11.5 Å². The number of hydrogen-bond donors (Lipinski definition) is 2. The Morgan fingerprint density at radius 1 is 0.350 bits per heavy atom. The summed E-state index contributed by atoms with van der Waals surface area (Å²) < 4.78 is 13.0. The molecule has 40 heavy (non-hydrogen) atoms. The lowest BCUT2D eigenvalue weighted by molar-refractivity contribution is 0.282. The van der Waals surface area contributed by atoms with E-state index in [0.29, 0.717) is 13.2 Å². The van der Waals surface area contributed by atoms with Crippen molar-refractivity contribution in [3.63, 3.8) is 0 Å². The Labute approximate surface area is 243 Å². The van der Waals surface area contributed by atoms with Crippen molar-refractivity contribution >= 4 is 21.5 Å². The highest BCUT2D eigenvalue weighted by Crippen LogP contribution is 2.42. The molecule has 0 saturated carbocycles. The highest BCUT2D eigenvalue weighted by Gasteiger charge is 2.15. The average molecular weight is 551 g/mol. The zero-order valence-corrected chi connectivity index (χ0v) is 24.9. The molecular formula is C36H54O4. The molecule has 0 aliphatic carbocycles. The molecule has 0 aromatic heterocycles. The van der Waals surface area contributed by atoms with E-state index in [-0.39, 0.29) is 0 Å². The third-order valence-electron chi connectivity index (χ3n) is 7.93. The number of ether oxygens (including phenoxy) is 2. The van der Waals surface area contributed by atoms with Crippen LogP contribution in [0.1, 0.15) is 116 Å². The molecule has 3 rings (SSSR count). The monoisotopic (exact) mass is 550 g/mol. The molecule has 0 atom stereocenters. The second-order valence-electron chi connectivity index (χ2n) is 11.3. The summed E-state index contributed by atoms with van der Waals surface area (Å²) in [5.41, 5.74) is 0. The predicted octanol–water partition coefficient (Wildman–Crippen LogP) is 9.76. The summed E-state index contributed by atoms with van der Waals surface area (Å²) in [6, 6.07) is 17.1. The zero-order chi connectivity index (χ0) is 28.1. The second-order valence-corrected chi connectivity index (χ2v) is 11.3. The number of fused-ring (bicyclic) bond motifs is 2. The number of unbranched alkanes of at least 4 members (excludes halogenated alkanes) is 16. The van der Waals surface area contributed by atoms with Gasteiger partial charge in [-0.05, 0) is 25.7 Å². The normalized spacial score (nSPS) is 11.4. The molecule has 0 aliphatic heterocycles. The SMILES string of the molecule is OCCCCCCCCCCCOc1c2ccccc2c(OCCCCCCCCCCCO)c2ccccc12. The van der Waals surface area contributed by atoms with Crippen molar-refractivity contribution in [2.24, 2.45) is 0 Å². The van der Waals surface area contributed by atoms with E-state index in [4.69, 9.17) is 19.7 Å². The van der Waals surface area contributed by atoms with Crippen LogP contribution in [0.4, 0.5) is 0 Å². The third-order valence-corrected chi connectivity index (χ3v) is 7.93. The van der Waals surface area contributed by atoms with Gasteiger partial charge in [0.05, 0.1) is 13.2 Å². The Kier molecular flexibility index (Phi) is 16.6. The molecule has 0 amide bonds. The average Bonchev–Trinajstić information content (AvgIpc) is 2.99. The van der Waals surface area contributed by atoms with Gasteiger partial charge in [0.2, 0.25) is 0 Å². The minimum absolute atomic E-state index is 0.328. The zero-order valence-electron chi connectivity index (χ0n) is 24.9. The first kappa shape index (κ1) is 32.2. The highest BCUT2D eigenvalue weighted by atomic mass is 16.5. The van der Waals surface area contributed by atoms with Gasteiger partial charge in [0.15, 0.2) is 0 Å².